The summed E-state index contributed by atoms with van der Waals surface area (Å²) in [5, 5.41) is 0.930. The summed E-state index contributed by atoms with van der Waals surface area (Å²) in [4.78, 5) is 13.7. The van der Waals surface area contributed by atoms with Crippen LogP contribution in [0.5, 0.6) is 5.75 Å². The first-order valence-electron chi connectivity index (χ1n) is 5.79. The third-order valence-corrected chi connectivity index (χ3v) is 3.48. The Morgan fingerprint density at radius 1 is 1.47 bits per heavy atom. The van der Waals surface area contributed by atoms with E-state index in [9.17, 15) is 4.79 Å². The van der Waals surface area contributed by atoms with Crippen LogP contribution in [0.1, 0.15) is 22.3 Å². The Kier molecular flexibility index (Phi) is 4.05. The maximum Gasteiger partial charge on any atom is 0.254 e. The second-order valence-electron chi connectivity index (χ2n) is 4.19. The first-order valence-corrected chi connectivity index (χ1v) is 6.91. The number of fused-ring (bicyclic) bond motifs is 1. The van der Waals surface area contributed by atoms with Gasteiger partial charge in [-0.05, 0) is 30.5 Å². The highest BCUT2D eigenvalue weighted by atomic mass is 79.9. The van der Waals surface area contributed by atoms with E-state index in [1.165, 1.54) is 0 Å². The van der Waals surface area contributed by atoms with Crippen molar-refractivity contribution in [1.82, 2.24) is 4.90 Å². The van der Waals surface area contributed by atoms with Gasteiger partial charge in [0.15, 0.2) is 0 Å². The number of ether oxygens (including phenoxy) is 1. The maximum absolute atomic E-state index is 12.0. The number of amides is 1. The van der Waals surface area contributed by atoms with E-state index >= 15 is 0 Å². The summed E-state index contributed by atoms with van der Waals surface area (Å²) in [7, 11) is 1.84. The molecule has 1 aromatic carbocycles. The van der Waals surface area contributed by atoms with Crippen molar-refractivity contribution in [2.45, 2.75) is 12.8 Å². The molecule has 0 N–H and O–H groups in total. The highest BCUT2D eigenvalue weighted by Gasteiger charge is 2.21. The molecule has 0 saturated carbocycles. The first kappa shape index (κ1) is 12.4. The zero-order valence-electron chi connectivity index (χ0n) is 9.91. The molecule has 1 aromatic rings. The van der Waals surface area contributed by atoms with Crippen LogP contribution < -0.4 is 4.74 Å². The fourth-order valence-corrected chi connectivity index (χ4v) is 2.13. The Balaban J connectivity index is 2.15. The Morgan fingerprint density at radius 2 is 2.29 bits per heavy atom. The van der Waals surface area contributed by atoms with Crippen LogP contribution in [0.25, 0.3) is 0 Å². The van der Waals surface area contributed by atoms with Crippen molar-refractivity contribution in [2.75, 3.05) is 25.5 Å². The average molecular weight is 298 g/mol. The van der Waals surface area contributed by atoms with Gasteiger partial charge in [-0.2, -0.15) is 0 Å². The van der Waals surface area contributed by atoms with Crippen LogP contribution in [0.2, 0.25) is 0 Å². The van der Waals surface area contributed by atoms with Gasteiger partial charge >= 0.3 is 0 Å². The molecule has 0 aliphatic carbocycles. The summed E-state index contributed by atoms with van der Waals surface area (Å²) < 4.78 is 5.60. The fourth-order valence-electron chi connectivity index (χ4n) is 1.90. The lowest BCUT2D eigenvalue weighted by atomic mass is 9.99. The van der Waals surface area contributed by atoms with Crippen molar-refractivity contribution in [1.29, 1.82) is 0 Å². The van der Waals surface area contributed by atoms with Gasteiger partial charge in [-0.15, -0.1) is 0 Å². The van der Waals surface area contributed by atoms with E-state index in [0.29, 0.717) is 6.61 Å². The van der Waals surface area contributed by atoms with Crippen LogP contribution in [0, 0.1) is 0 Å². The van der Waals surface area contributed by atoms with Gasteiger partial charge in [-0.25, -0.2) is 0 Å². The average Bonchev–Trinajstić information content (AvgIpc) is 2.35. The summed E-state index contributed by atoms with van der Waals surface area (Å²) in [6.45, 7) is 1.48. The minimum absolute atomic E-state index is 0.0946. The molecule has 17 heavy (non-hydrogen) atoms. The lowest BCUT2D eigenvalue weighted by molar-refractivity contribution is 0.0780. The molecule has 1 aliphatic rings. The van der Waals surface area contributed by atoms with Gasteiger partial charge in [0.2, 0.25) is 0 Å². The summed E-state index contributed by atoms with van der Waals surface area (Å²) in [5.41, 5.74) is 1.91. The molecule has 1 heterocycles. The van der Waals surface area contributed by atoms with Gasteiger partial charge in [0, 0.05) is 24.5 Å². The number of benzene rings is 1. The molecule has 4 heteroatoms. The van der Waals surface area contributed by atoms with Gasteiger partial charge in [0.1, 0.15) is 5.75 Å². The van der Waals surface area contributed by atoms with E-state index in [4.69, 9.17) is 4.74 Å². The molecule has 0 fully saturated rings. The Labute approximate surface area is 110 Å². The largest absolute Gasteiger partial charge is 0.494 e. The number of nitrogens with zero attached hydrogens (tertiary/aromatic N) is 1. The third kappa shape index (κ3) is 2.80. The van der Waals surface area contributed by atoms with E-state index in [1.807, 2.05) is 25.2 Å². The number of hydrogen-bond donors (Lipinski definition) is 0. The lowest BCUT2D eigenvalue weighted by Gasteiger charge is -2.25. The van der Waals surface area contributed by atoms with Crippen molar-refractivity contribution in [3.63, 3.8) is 0 Å². The highest BCUT2D eigenvalue weighted by molar-refractivity contribution is 9.09. The summed E-state index contributed by atoms with van der Waals surface area (Å²) in [6, 6.07) is 5.82. The molecule has 0 spiro atoms. The van der Waals surface area contributed by atoms with Crippen molar-refractivity contribution < 1.29 is 9.53 Å². The number of likely N-dealkylation sites (N-methyl/N-ethyl adjacent to an activating group) is 1. The molecule has 0 bridgehead atoms. The second-order valence-corrected chi connectivity index (χ2v) is 4.98. The van der Waals surface area contributed by atoms with Crippen molar-refractivity contribution in [2.24, 2.45) is 0 Å². The summed E-state index contributed by atoms with van der Waals surface area (Å²) >= 11 is 3.36. The summed E-state index contributed by atoms with van der Waals surface area (Å²) in [5.74, 6) is 0.880. The molecule has 0 atom stereocenters. The Bertz CT molecular complexity index is 420. The summed E-state index contributed by atoms with van der Waals surface area (Å²) in [6.07, 6.45) is 1.89. The normalized spacial score (nSPS) is 14.7. The molecule has 1 aliphatic heterocycles. The van der Waals surface area contributed by atoms with Crippen LogP contribution in [-0.4, -0.2) is 36.3 Å². The maximum atomic E-state index is 12.0. The SMILES string of the molecule is CN1CCc2ccc(OCCCBr)cc2C1=O. The van der Waals surface area contributed by atoms with E-state index in [1.54, 1.807) is 4.90 Å². The number of carbonyl (C=O) groups excluding carboxylic acids is 1. The van der Waals surface area contributed by atoms with Gasteiger partial charge < -0.3 is 9.64 Å². The Morgan fingerprint density at radius 3 is 3.06 bits per heavy atom. The molecule has 3 nitrogen and oxygen atoms in total. The van der Waals surface area contributed by atoms with Gasteiger partial charge in [-0.1, -0.05) is 22.0 Å². The molecule has 0 saturated heterocycles. The first-order chi connectivity index (χ1) is 8.22. The van der Waals surface area contributed by atoms with Crippen molar-refractivity contribution in [3.05, 3.63) is 29.3 Å². The lowest BCUT2D eigenvalue weighted by Crippen LogP contribution is -2.34. The Hall–Kier alpha value is -1.03. The predicted octanol–water partition coefficient (Wildman–Crippen LogP) is 2.48. The van der Waals surface area contributed by atoms with E-state index in [-0.39, 0.29) is 5.91 Å². The smallest absolute Gasteiger partial charge is 0.254 e. The van der Waals surface area contributed by atoms with E-state index < -0.39 is 0 Å². The zero-order valence-corrected chi connectivity index (χ0v) is 11.5. The van der Waals surface area contributed by atoms with Gasteiger partial charge in [-0.3, -0.25) is 4.79 Å². The molecule has 0 aromatic heterocycles. The minimum atomic E-state index is 0.0946. The van der Waals surface area contributed by atoms with Gasteiger partial charge in [0.25, 0.3) is 5.91 Å². The van der Waals surface area contributed by atoms with Crippen LogP contribution in [0.3, 0.4) is 0 Å². The van der Waals surface area contributed by atoms with Crippen LogP contribution in [0.4, 0.5) is 0 Å². The zero-order chi connectivity index (χ0) is 12.3. The quantitative estimate of drug-likeness (QED) is 0.631. The van der Waals surface area contributed by atoms with Crippen LogP contribution in [-0.2, 0) is 6.42 Å². The van der Waals surface area contributed by atoms with E-state index in [0.717, 1.165) is 41.6 Å². The number of rotatable bonds is 4. The molecular formula is C13H16BrNO2. The second kappa shape index (κ2) is 5.54. The van der Waals surface area contributed by atoms with Gasteiger partial charge in [0.05, 0.1) is 6.61 Å². The number of carbonyl (C=O) groups is 1. The predicted molar refractivity (Wildman–Crippen MR) is 71.0 cm³/mol. The van der Waals surface area contributed by atoms with E-state index in [2.05, 4.69) is 15.9 Å². The topological polar surface area (TPSA) is 29.5 Å². The third-order valence-electron chi connectivity index (χ3n) is 2.92. The standard InChI is InChI=1S/C13H16BrNO2/c1-15-7-5-10-3-4-11(17-8-2-6-14)9-12(10)13(15)16/h3-4,9H,2,5-8H2,1H3. The number of alkyl halides is 1. The van der Waals surface area contributed by atoms with Crippen LogP contribution in [0.15, 0.2) is 18.2 Å². The van der Waals surface area contributed by atoms with Crippen LogP contribution >= 0.6 is 15.9 Å². The molecule has 0 radical (unpaired) electrons. The minimum Gasteiger partial charge on any atom is -0.494 e. The molecule has 2 rings (SSSR count). The van der Waals surface area contributed by atoms with Crippen molar-refractivity contribution >= 4 is 21.8 Å². The number of hydrogen-bond acceptors (Lipinski definition) is 2. The van der Waals surface area contributed by atoms with Crippen molar-refractivity contribution in [3.8, 4) is 5.75 Å². The molecular weight excluding hydrogens is 282 g/mol. The molecule has 0 unspecified atom stereocenters. The molecule has 1 amide bonds. The fraction of sp³-hybridized carbons (Fsp3) is 0.462. The molecule has 92 valence electrons. The highest BCUT2D eigenvalue weighted by Crippen LogP contribution is 2.23. The monoisotopic (exact) mass is 297 g/mol. The number of halogens is 1.